The number of amides is 1. The summed E-state index contributed by atoms with van der Waals surface area (Å²) in [7, 11) is 4.30. The van der Waals surface area contributed by atoms with Crippen molar-refractivity contribution >= 4 is 17.6 Å². The summed E-state index contributed by atoms with van der Waals surface area (Å²) < 4.78 is 20.9. The fourth-order valence-electron chi connectivity index (χ4n) is 2.44. The highest BCUT2D eigenvalue weighted by atomic mass is 16.5. The van der Waals surface area contributed by atoms with Crippen molar-refractivity contribution in [3.8, 4) is 23.0 Å². The average Bonchev–Trinajstić information content (AvgIpc) is 2.67. The van der Waals surface area contributed by atoms with E-state index in [-0.39, 0.29) is 28.3 Å². The first-order chi connectivity index (χ1) is 12.9. The predicted octanol–water partition coefficient (Wildman–Crippen LogP) is 1.73. The average molecular weight is 374 g/mol. The third-order valence-corrected chi connectivity index (χ3v) is 3.73. The lowest BCUT2D eigenvalue weighted by Crippen LogP contribution is -2.25. The molecule has 2 aromatic carbocycles. The molecule has 0 radical (unpaired) electrons. The third kappa shape index (κ3) is 4.41. The van der Waals surface area contributed by atoms with Gasteiger partial charge in [-0.3, -0.25) is 4.79 Å². The molecule has 0 unspecified atom stereocenters. The number of benzene rings is 2. The fraction of sp³-hybridized carbons (Fsp3) is 0.263. The quantitative estimate of drug-likeness (QED) is 0.750. The highest BCUT2D eigenvalue weighted by molar-refractivity contribution is 6.09. The van der Waals surface area contributed by atoms with E-state index in [1.807, 2.05) is 0 Å². The molecule has 2 rings (SSSR count). The maximum atomic E-state index is 12.7. The second-order valence-electron chi connectivity index (χ2n) is 5.29. The van der Waals surface area contributed by atoms with Crippen LogP contribution in [0.4, 0.5) is 5.69 Å². The van der Waals surface area contributed by atoms with Gasteiger partial charge in [-0.2, -0.15) is 0 Å². The molecule has 0 heterocycles. The summed E-state index contributed by atoms with van der Waals surface area (Å²) in [6.07, 6.45) is 0. The molecule has 0 atom stereocenters. The van der Waals surface area contributed by atoms with Gasteiger partial charge in [0.1, 0.15) is 11.5 Å². The number of hydrogen-bond donors (Lipinski definition) is 1. The molecule has 27 heavy (non-hydrogen) atoms. The van der Waals surface area contributed by atoms with Crippen LogP contribution < -0.4 is 29.4 Å². The van der Waals surface area contributed by atoms with Crippen molar-refractivity contribution < 1.29 is 33.6 Å². The molecule has 0 saturated heterocycles. The predicted molar refractivity (Wildman–Crippen MR) is 96.0 cm³/mol. The molecule has 1 amide bonds. The molecular weight excluding hydrogens is 354 g/mol. The van der Waals surface area contributed by atoms with Gasteiger partial charge in [0.2, 0.25) is 0 Å². The Balaban J connectivity index is 2.44. The molecule has 0 spiro atoms. The van der Waals surface area contributed by atoms with E-state index in [1.165, 1.54) is 39.5 Å². The number of ether oxygens (including phenoxy) is 4. The SMILES string of the molecule is CCOc1cc(NC(=O)c2ccc(OC)cc2OC)c(C(=O)[O-])cc1OC. The Kier molecular flexibility index (Phi) is 6.48. The maximum absolute atomic E-state index is 12.7. The number of nitrogens with one attached hydrogen (secondary N) is 1. The van der Waals surface area contributed by atoms with E-state index in [1.54, 1.807) is 19.1 Å². The van der Waals surface area contributed by atoms with Gasteiger partial charge in [0, 0.05) is 17.7 Å². The van der Waals surface area contributed by atoms with Gasteiger partial charge in [0.15, 0.2) is 11.5 Å². The molecule has 0 bridgehead atoms. The van der Waals surface area contributed by atoms with Gasteiger partial charge in [0.25, 0.3) is 5.91 Å². The minimum atomic E-state index is -1.46. The Morgan fingerprint density at radius 2 is 1.63 bits per heavy atom. The van der Waals surface area contributed by atoms with Crippen LogP contribution in [0.15, 0.2) is 30.3 Å². The first kappa shape index (κ1) is 19.9. The minimum Gasteiger partial charge on any atom is -0.545 e. The molecule has 1 N–H and O–H groups in total. The molecule has 144 valence electrons. The fourth-order valence-corrected chi connectivity index (χ4v) is 2.44. The monoisotopic (exact) mass is 374 g/mol. The van der Waals surface area contributed by atoms with Gasteiger partial charge in [-0.1, -0.05) is 0 Å². The summed E-state index contributed by atoms with van der Waals surface area (Å²) in [6, 6.07) is 7.27. The van der Waals surface area contributed by atoms with Crippen molar-refractivity contribution in [3.63, 3.8) is 0 Å². The summed E-state index contributed by atoms with van der Waals surface area (Å²) in [5.74, 6) is -0.724. The second-order valence-corrected chi connectivity index (χ2v) is 5.29. The van der Waals surface area contributed by atoms with E-state index in [4.69, 9.17) is 18.9 Å². The molecule has 0 fully saturated rings. The molecule has 0 aliphatic carbocycles. The standard InChI is InChI=1S/C19H21NO7/c1-5-27-17-10-14(13(19(22)23)9-16(17)26-4)20-18(21)12-7-6-11(24-2)8-15(12)25-3/h6-10H,5H2,1-4H3,(H,20,21)(H,22,23)/p-1. The van der Waals surface area contributed by atoms with Gasteiger partial charge in [-0.05, 0) is 25.1 Å². The molecular formula is C19H20NO7-. The number of anilines is 1. The highest BCUT2D eigenvalue weighted by Gasteiger charge is 2.18. The van der Waals surface area contributed by atoms with E-state index in [2.05, 4.69) is 5.32 Å². The Morgan fingerprint density at radius 1 is 0.926 bits per heavy atom. The van der Waals surface area contributed by atoms with Crippen molar-refractivity contribution in [3.05, 3.63) is 41.5 Å². The Hall–Kier alpha value is -3.42. The Morgan fingerprint density at radius 3 is 2.19 bits per heavy atom. The van der Waals surface area contributed by atoms with E-state index < -0.39 is 11.9 Å². The van der Waals surface area contributed by atoms with E-state index >= 15 is 0 Å². The minimum absolute atomic E-state index is 0.0159. The number of methoxy groups -OCH3 is 3. The Bertz CT molecular complexity index is 848. The summed E-state index contributed by atoms with van der Waals surface area (Å²) >= 11 is 0. The summed E-state index contributed by atoms with van der Waals surface area (Å²) in [4.78, 5) is 24.2. The first-order valence-electron chi connectivity index (χ1n) is 8.04. The number of carboxylic acid groups (broad SMARTS) is 1. The molecule has 0 aliphatic heterocycles. The van der Waals surface area contributed by atoms with Gasteiger partial charge in [-0.25, -0.2) is 0 Å². The van der Waals surface area contributed by atoms with Crippen LogP contribution in [0.3, 0.4) is 0 Å². The molecule has 0 aliphatic rings. The lowest BCUT2D eigenvalue weighted by molar-refractivity contribution is -0.254. The number of aromatic carboxylic acids is 1. The number of carboxylic acids is 1. The highest BCUT2D eigenvalue weighted by Crippen LogP contribution is 2.34. The topological polar surface area (TPSA) is 106 Å². The van der Waals surface area contributed by atoms with Crippen LogP contribution in [0.25, 0.3) is 0 Å². The van der Waals surface area contributed by atoms with Crippen molar-refractivity contribution in [1.29, 1.82) is 0 Å². The second kappa shape index (κ2) is 8.79. The summed E-state index contributed by atoms with van der Waals surface area (Å²) in [5.41, 5.74) is -0.0189. The van der Waals surface area contributed by atoms with Crippen molar-refractivity contribution in [2.45, 2.75) is 6.92 Å². The van der Waals surface area contributed by atoms with Crippen molar-refractivity contribution in [2.75, 3.05) is 33.3 Å². The van der Waals surface area contributed by atoms with Gasteiger partial charge >= 0.3 is 0 Å². The lowest BCUT2D eigenvalue weighted by atomic mass is 10.1. The lowest BCUT2D eigenvalue weighted by Gasteiger charge is -2.17. The normalized spacial score (nSPS) is 10.1. The molecule has 2 aromatic rings. The Labute approximate surface area is 156 Å². The van der Waals surface area contributed by atoms with Crippen LogP contribution in [0, 0.1) is 0 Å². The molecule has 0 saturated carbocycles. The van der Waals surface area contributed by atoms with Crippen molar-refractivity contribution in [2.24, 2.45) is 0 Å². The maximum Gasteiger partial charge on any atom is 0.259 e. The van der Waals surface area contributed by atoms with Crippen LogP contribution in [0.1, 0.15) is 27.6 Å². The molecule has 8 heteroatoms. The van der Waals surface area contributed by atoms with Crippen LogP contribution in [0.5, 0.6) is 23.0 Å². The van der Waals surface area contributed by atoms with Crippen molar-refractivity contribution in [1.82, 2.24) is 0 Å². The van der Waals surface area contributed by atoms with Crippen LogP contribution in [-0.2, 0) is 0 Å². The van der Waals surface area contributed by atoms with Gasteiger partial charge in [0.05, 0.1) is 45.2 Å². The first-order valence-corrected chi connectivity index (χ1v) is 8.04. The number of carbonyl (C=O) groups is 2. The zero-order valence-electron chi connectivity index (χ0n) is 15.5. The van der Waals surface area contributed by atoms with Crippen LogP contribution in [0.2, 0.25) is 0 Å². The number of rotatable bonds is 8. The number of carbonyl (C=O) groups excluding carboxylic acids is 2. The van der Waals surface area contributed by atoms with Gasteiger partial charge in [-0.15, -0.1) is 0 Å². The number of hydrogen-bond acceptors (Lipinski definition) is 7. The largest absolute Gasteiger partial charge is 0.545 e. The zero-order valence-corrected chi connectivity index (χ0v) is 15.5. The summed E-state index contributed by atoms with van der Waals surface area (Å²) in [5, 5.41) is 14.0. The van der Waals surface area contributed by atoms with E-state index in [9.17, 15) is 14.7 Å². The van der Waals surface area contributed by atoms with Gasteiger partial charge < -0.3 is 34.2 Å². The van der Waals surface area contributed by atoms with E-state index in [0.717, 1.165) is 0 Å². The summed E-state index contributed by atoms with van der Waals surface area (Å²) in [6.45, 7) is 2.10. The zero-order chi connectivity index (χ0) is 20.0. The molecule has 8 nitrogen and oxygen atoms in total. The van der Waals surface area contributed by atoms with Crippen LogP contribution >= 0.6 is 0 Å². The smallest absolute Gasteiger partial charge is 0.259 e. The van der Waals surface area contributed by atoms with Crippen LogP contribution in [-0.4, -0.2) is 39.8 Å². The molecule has 0 aromatic heterocycles. The third-order valence-electron chi connectivity index (χ3n) is 3.73. The van der Waals surface area contributed by atoms with E-state index in [0.29, 0.717) is 18.1 Å².